The van der Waals surface area contributed by atoms with Gasteiger partial charge in [-0.1, -0.05) is 18.2 Å². The van der Waals surface area contributed by atoms with Gasteiger partial charge in [-0.3, -0.25) is 4.79 Å². The molecule has 2 rings (SSSR count). The van der Waals surface area contributed by atoms with Gasteiger partial charge < -0.3 is 15.7 Å². The van der Waals surface area contributed by atoms with Crippen molar-refractivity contribution in [3.05, 3.63) is 57.8 Å². The molecule has 0 aliphatic heterocycles. The Morgan fingerprint density at radius 2 is 2.09 bits per heavy atom. The number of rotatable bonds is 5. The molecule has 0 radical (unpaired) electrons. The lowest BCUT2D eigenvalue weighted by atomic mass is 10.1. The fourth-order valence-electron chi connectivity index (χ4n) is 1.92. The first kappa shape index (κ1) is 15.6. The van der Waals surface area contributed by atoms with Crippen LogP contribution in [0.25, 0.3) is 5.76 Å². The van der Waals surface area contributed by atoms with Gasteiger partial charge >= 0.3 is 0 Å². The van der Waals surface area contributed by atoms with E-state index in [1.54, 1.807) is 37.4 Å². The minimum Gasteiger partial charge on any atom is -0.506 e. The zero-order chi connectivity index (χ0) is 15.9. The van der Waals surface area contributed by atoms with E-state index >= 15 is 0 Å². The number of carbonyl (C=O) groups excluding carboxylic acids is 1. The van der Waals surface area contributed by atoms with E-state index < -0.39 is 5.91 Å². The van der Waals surface area contributed by atoms with Crippen molar-refractivity contribution >= 4 is 28.7 Å². The third kappa shape index (κ3) is 3.45. The fourth-order valence-corrected chi connectivity index (χ4v) is 2.57. The Kier molecular flexibility index (Phi) is 5.17. The molecule has 1 amide bonds. The average molecular weight is 313 g/mol. The van der Waals surface area contributed by atoms with Gasteiger partial charge in [0.1, 0.15) is 11.8 Å². The van der Waals surface area contributed by atoms with Gasteiger partial charge in [0.25, 0.3) is 5.91 Å². The highest BCUT2D eigenvalue weighted by atomic mass is 32.1. The topological polar surface area (TPSA) is 85.2 Å². The molecule has 0 aliphatic rings. The van der Waals surface area contributed by atoms with E-state index in [4.69, 9.17) is 0 Å². The van der Waals surface area contributed by atoms with Crippen molar-refractivity contribution in [1.29, 1.82) is 5.26 Å². The van der Waals surface area contributed by atoms with E-state index in [0.29, 0.717) is 17.8 Å². The van der Waals surface area contributed by atoms with E-state index in [2.05, 4.69) is 10.6 Å². The lowest BCUT2D eigenvalue weighted by molar-refractivity contribution is -0.117. The smallest absolute Gasteiger partial charge is 0.266 e. The number of aliphatic hydroxyl groups is 1. The minimum absolute atomic E-state index is 0.306. The van der Waals surface area contributed by atoms with Crippen molar-refractivity contribution < 1.29 is 9.90 Å². The molecule has 1 aromatic carbocycles. The van der Waals surface area contributed by atoms with Crippen LogP contribution >= 0.6 is 11.3 Å². The Morgan fingerprint density at radius 1 is 1.32 bits per heavy atom. The monoisotopic (exact) mass is 313 g/mol. The highest BCUT2D eigenvalue weighted by Gasteiger charge is 2.18. The Hall–Kier alpha value is -2.78. The molecule has 0 fully saturated rings. The molecule has 6 heteroatoms. The second-order valence-electron chi connectivity index (χ2n) is 4.39. The van der Waals surface area contributed by atoms with Crippen molar-refractivity contribution in [2.75, 3.05) is 12.4 Å². The Morgan fingerprint density at radius 3 is 2.73 bits per heavy atom. The summed E-state index contributed by atoms with van der Waals surface area (Å²) >= 11 is 1.51. The first-order chi connectivity index (χ1) is 10.7. The first-order valence-corrected chi connectivity index (χ1v) is 7.46. The number of carbonyl (C=O) groups is 1. The molecular formula is C16H15N3O2S. The predicted octanol–water partition coefficient (Wildman–Crippen LogP) is 2.90. The maximum absolute atomic E-state index is 12.1. The average Bonchev–Trinajstić information content (AvgIpc) is 3.06. The van der Waals surface area contributed by atoms with Crippen molar-refractivity contribution in [2.45, 2.75) is 6.54 Å². The van der Waals surface area contributed by atoms with E-state index in [1.807, 2.05) is 17.5 Å². The molecule has 5 nitrogen and oxygen atoms in total. The second kappa shape index (κ2) is 7.29. The van der Waals surface area contributed by atoms with Crippen LogP contribution in [0.4, 0.5) is 5.69 Å². The molecule has 0 atom stereocenters. The fraction of sp³-hybridized carbons (Fsp3) is 0.125. The summed E-state index contributed by atoms with van der Waals surface area (Å²) in [6.45, 7) is 0.322. The number of thiophene rings is 1. The van der Waals surface area contributed by atoms with Crippen LogP contribution in [0.3, 0.4) is 0 Å². The van der Waals surface area contributed by atoms with E-state index in [1.165, 1.54) is 11.3 Å². The quantitative estimate of drug-likeness (QED) is 0.450. The van der Waals surface area contributed by atoms with Gasteiger partial charge in [-0.2, -0.15) is 5.26 Å². The number of nitrogens with one attached hydrogen (secondary N) is 2. The molecule has 0 aliphatic carbocycles. The summed E-state index contributed by atoms with van der Waals surface area (Å²) in [5, 5.41) is 26.9. The first-order valence-electron chi connectivity index (χ1n) is 6.58. The second-order valence-corrected chi connectivity index (χ2v) is 5.43. The highest BCUT2D eigenvalue weighted by molar-refractivity contribution is 7.09. The highest BCUT2D eigenvalue weighted by Crippen LogP contribution is 2.24. The molecule has 2 aromatic rings. The van der Waals surface area contributed by atoms with Crippen LogP contribution in [0.1, 0.15) is 10.4 Å². The summed E-state index contributed by atoms with van der Waals surface area (Å²) in [6.07, 6.45) is 0. The van der Waals surface area contributed by atoms with Gasteiger partial charge in [0.2, 0.25) is 0 Å². The minimum atomic E-state index is -0.598. The van der Waals surface area contributed by atoms with E-state index in [0.717, 1.165) is 4.88 Å². The largest absolute Gasteiger partial charge is 0.506 e. The van der Waals surface area contributed by atoms with Crippen LogP contribution in [0.15, 0.2) is 47.4 Å². The summed E-state index contributed by atoms with van der Waals surface area (Å²) in [5.74, 6) is -0.935. The number of hydrogen-bond donors (Lipinski definition) is 3. The molecule has 0 saturated heterocycles. The third-order valence-corrected chi connectivity index (χ3v) is 3.91. The molecule has 22 heavy (non-hydrogen) atoms. The number of nitrogens with zero attached hydrogens (tertiary/aromatic N) is 1. The summed E-state index contributed by atoms with van der Waals surface area (Å²) in [5.41, 5.74) is 0.742. The standard InChI is InChI=1S/C16H15N3O2S/c1-18-14-7-3-2-6-12(14)15(20)13(9-17)16(21)19-10-11-5-4-8-22-11/h2-8,18,20H,10H2,1H3,(H,19,21)/b15-13-. The zero-order valence-electron chi connectivity index (χ0n) is 12.0. The normalized spacial score (nSPS) is 11.3. The van der Waals surface area contributed by atoms with Crippen LogP contribution in [-0.2, 0) is 11.3 Å². The van der Waals surface area contributed by atoms with Gasteiger partial charge in [-0.15, -0.1) is 11.3 Å². The number of para-hydroxylation sites is 1. The lowest BCUT2D eigenvalue weighted by Gasteiger charge is -2.10. The van der Waals surface area contributed by atoms with Crippen molar-refractivity contribution in [2.24, 2.45) is 0 Å². The molecular weight excluding hydrogens is 298 g/mol. The molecule has 0 saturated carbocycles. The SMILES string of the molecule is CNc1ccccc1/C(O)=C(\C#N)C(=O)NCc1cccs1. The summed E-state index contributed by atoms with van der Waals surface area (Å²) < 4.78 is 0. The van der Waals surface area contributed by atoms with Gasteiger partial charge in [0.15, 0.2) is 5.57 Å². The van der Waals surface area contributed by atoms with Crippen LogP contribution in [0, 0.1) is 11.3 Å². The van der Waals surface area contributed by atoms with Crippen LogP contribution in [0.5, 0.6) is 0 Å². The molecule has 0 bridgehead atoms. The number of aliphatic hydroxyl groups excluding tert-OH is 1. The Bertz CT molecular complexity index is 730. The van der Waals surface area contributed by atoms with E-state index in [-0.39, 0.29) is 11.3 Å². The van der Waals surface area contributed by atoms with E-state index in [9.17, 15) is 15.2 Å². The predicted molar refractivity (Wildman–Crippen MR) is 87.3 cm³/mol. The van der Waals surface area contributed by atoms with Gasteiger partial charge in [-0.25, -0.2) is 0 Å². The number of nitriles is 1. The summed E-state index contributed by atoms with van der Waals surface area (Å²) in [7, 11) is 1.70. The summed E-state index contributed by atoms with van der Waals surface area (Å²) in [6, 6.07) is 12.5. The third-order valence-electron chi connectivity index (χ3n) is 3.03. The molecule has 1 heterocycles. The molecule has 1 aromatic heterocycles. The Balaban J connectivity index is 2.25. The van der Waals surface area contributed by atoms with Gasteiger partial charge in [0, 0.05) is 23.2 Å². The van der Waals surface area contributed by atoms with Crippen molar-refractivity contribution in [3.8, 4) is 6.07 Å². The Labute approximate surface area is 132 Å². The molecule has 3 N–H and O–H groups in total. The number of amides is 1. The van der Waals surface area contributed by atoms with Crippen LogP contribution < -0.4 is 10.6 Å². The molecule has 0 spiro atoms. The van der Waals surface area contributed by atoms with Gasteiger partial charge in [0.05, 0.1) is 6.54 Å². The lowest BCUT2D eigenvalue weighted by Crippen LogP contribution is -2.24. The van der Waals surface area contributed by atoms with Crippen molar-refractivity contribution in [3.63, 3.8) is 0 Å². The maximum Gasteiger partial charge on any atom is 0.266 e. The van der Waals surface area contributed by atoms with Crippen molar-refractivity contribution in [1.82, 2.24) is 5.32 Å². The van der Waals surface area contributed by atoms with Crippen LogP contribution in [0.2, 0.25) is 0 Å². The maximum atomic E-state index is 12.1. The van der Waals surface area contributed by atoms with Gasteiger partial charge in [-0.05, 0) is 23.6 Å². The molecule has 0 unspecified atom stereocenters. The number of anilines is 1. The summed E-state index contributed by atoms with van der Waals surface area (Å²) in [4.78, 5) is 13.1. The molecule has 112 valence electrons. The number of hydrogen-bond acceptors (Lipinski definition) is 5. The van der Waals surface area contributed by atoms with Crippen LogP contribution in [-0.4, -0.2) is 18.1 Å². The number of benzene rings is 1. The zero-order valence-corrected chi connectivity index (χ0v) is 12.8.